The van der Waals surface area contributed by atoms with Crippen LogP contribution in [0.3, 0.4) is 0 Å². The number of aryl methyl sites for hydroxylation is 2. The third-order valence-electron chi connectivity index (χ3n) is 4.49. The monoisotopic (exact) mass is 380 g/mol. The molecule has 0 aliphatic rings. The molecule has 0 aliphatic heterocycles. The first-order chi connectivity index (χ1) is 13.0. The summed E-state index contributed by atoms with van der Waals surface area (Å²) in [6.45, 7) is 4.05. The van der Waals surface area contributed by atoms with Crippen LogP contribution < -0.4 is 5.56 Å². The van der Waals surface area contributed by atoms with E-state index in [9.17, 15) is 9.18 Å². The Hall–Kier alpha value is -2.93. The van der Waals surface area contributed by atoms with E-state index in [0.717, 1.165) is 16.8 Å². The molecule has 5 nitrogen and oxygen atoms in total. The van der Waals surface area contributed by atoms with Crippen LogP contribution in [-0.4, -0.2) is 19.2 Å². The van der Waals surface area contributed by atoms with Gasteiger partial charge in [-0.1, -0.05) is 30.0 Å². The molecule has 2 aromatic heterocycles. The molecular weight excluding hydrogens is 363 g/mol. The van der Waals surface area contributed by atoms with Crippen LogP contribution in [0.25, 0.3) is 11.3 Å². The Labute approximate surface area is 159 Å². The maximum absolute atomic E-state index is 13.0. The topological polar surface area (TPSA) is 52.2 Å². The minimum Gasteiger partial charge on any atom is -0.280 e. The van der Waals surface area contributed by atoms with E-state index in [1.807, 2.05) is 32.0 Å². The minimum atomic E-state index is -0.261. The van der Waals surface area contributed by atoms with Crippen LogP contribution >= 0.6 is 11.8 Å². The molecular formula is C20H17FN4OS. The van der Waals surface area contributed by atoms with Gasteiger partial charge in [-0.15, -0.1) is 10.2 Å². The highest BCUT2D eigenvalue weighted by molar-refractivity contribution is 7.98. The summed E-state index contributed by atoms with van der Waals surface area (Å²) in [6, 6.07) is 12.2. The molecule has 0 amide bonds. The second kappa shape index (κ2) is 7.00. The lowest BCUT2D eigenvalue weighted by atomic mass is 10.1. The predicted octanol–water partition coefficient (Wildman–Crippen LogP) is 3.93. The van der Waals surface area contributed by atoms with Gasteiger partial charge in [-0.3, -0.25) is 13.8 Å². The van der Waals surface area contributed by atoms with Gasteiger partial charge in [0.25, 0.3) is 0 Å². The molecule has 0 unspecified atom stereocenters. The third kappa shape index (κ3) is 3.38. The van der Waals surface area contributed by atoms with Crippen molar-refractivity contribution in [3.05, 3.63) is 87.7 Å². The number of hydrogen-bond donors (Lipinski definition) is 0. The van der Waals surface area contributed by atoms with Crippen molar-refractivity contribution < 1.29 is 4.39 Å². The fraction of sp³-hybridized carbons (Fsp3) is 0.150. The van der Waals surface area contributed by atoms with E-state index < -0.39 is 0 Å². The molecule has 0 bridgehead atoms. The fourth-order valence-corrected chi connectivity index (χ4v) is 3.64. The first-order valence-corrected chi connectivity index (χ1v) is 9.43. The minimum absolute atomic E-state index is 0.220. The quantitative estimate of drug-likeness (QED) is 0.504. The van der Waals surface area contributed by atoms with Crippen molar-refractivity contribution in [3.8, 4) is 5.69 Å². The molecule has 27 heavy (non-hydrogen) atoms. The summed E-state index contributed by atoms with van der Waals surface area (Å²) in [4.78, 5) is 12.8. The van der Waals surface area contributed by atoms with Crippen LogP contribution in [-0.2, 0) is 5.75 Å². The largest absolute Gasteiger partial charge is 0.300 e. The van der Waals surface area contributed by atoms with Crippen molar-refractivity contribution in [3.63, 3.8) is 0 Å². The van der Waals surface area contributed by atoms with Crippen molar-refractivity contribution >= 4 is 17.4 Å². The van der Waals surface area contributed by atoms with Crippen LogP contribution in [0.4, 0.5) is 4.39 Å². The van der Waals surface area contributed by atoms with E-state index in [-0.39, 0.29) is 17.0 Å². The molecule has 136 valence electrons. The summed E-state index contributed by atoms with van der Waals surface area (Å²) in [6.07, 6.45) is 3.52. The number of aromatic nitrogens is 4. The highest BCUT2D eigenvalue weighted by Gasteiger charge is 2.12. The molecule has 2 heterocycles. The average Bonchev–Trinajstić information content (AvgIpc) is 3.08. The van der Waals surface area contributed by atoms with Crippen LogP contribution in [0.15, 0.2) is 64.8 Å². The summed E-state index contributed by atoms with van der Waals surface area (Å²) < 4.78 is 16.3. The van der Waals surface area contributed by atoms with Gasteiger partial charge >= 0.3 is 5.56 Å². The second-order valence-corrected chi connectivity index (χ2v) is 7.28. The normalized spacial score (nSPS) is 11.2. The van der Waals surface area contributed by atoms with Crippen LogP contribution in [0.2, 0.25) is 0 Å². The molecule has 2 aromatic carbocycles. The number of rotatable bonds is 4. The summed E-state index contributed by atoms with van der Waals surface area (Å²) in [5.41, 5.74) is 4.13. The molecule has 0 atom stereocenters. The van der Waals surface area contributed by atoms with Gasteiger partial charge < -0.3 is 0 Å². The molecule has 0 spiro atoms. The van der Waals surface area contributed by atoms with Gasteiger partial charge in [0.1, 0.15) is 5.82 Å². The maximum Gasteiger partial charge on any atom is 0.300 e. The van der Waals surface area contributed by atoms with Gasteiger partial charge in [0.05, 0.1) is 0 Å². The van der Waals surface area contributed by atoms with E-state index in [1.165, 1.54) is 29.5 Å². The van der Waals surface area contributed by atoms with Gasteiger partial charge in [-0.25, -0.2) is 4.39 Å². The molecule has 4 rings (SSSR count). The predicted molar refractivity (Wildman–Crippen MR) is 104 cm³/mol. The summed E-state index contributed by atoms with van der Waals surface area (Å²) in [5, 5.41) is 8.84. The molecule has 0 N–H and O–H groups in total. The zero-order valence-electron chi connectivity index (χ0n) is 14.9. The van der Waals surface area contributed by atoms with Gasteiger partial charge in [0.15, 0.2) is 5.16 Å². The Kier molecular flexibility index (Phi) is 4.53. The maximum atomic E-state index is 13.0. The SMILES string of the molecule is Cc1ccc(-n2ccn3c(SCc4ccc(F)cc4)nnc3c2=O)cc1C. The van der Waals surface area contributed by atoms with Gasteiger partial charge in [0, 0.05) is 23.8 Å². The Bertz CT molecular complexity index is 1180. The molecule has 0 radical (unpaired) electrons. The van der Waals surface area contributed by atoms with Crippen molar-refractivity contribution in [2.24, 2.45) is 0 Å². The van der Waals surface area contributed by atoms with Gasteiger partial charge in [-0.2, -0.15) is 0 Å². The van der Waals surface area contributed by atoms with E-state index in [1.54, 1.807) is 33.5 Å². The lowest BCUT2D eigenvalue weighted by Gasteiger charge is -2.08. The summed E-state index contributed by atoms with van der Waals surface area (Å²) >= 11 is 1.45. The molecule has 0 aliphatic carbocycles. The molecule has 0 saturated heterocycles. The lowest BCUT2D eigenvalue weighted by molar-refractivity contribution is 0.627. The zero-order chi connectivity index (χ0) is 19.0. The Morgan fingerprint density at radius 2 is 1.78 bits per heavy atom. The summed E-state index contributed by atoms with van der Waals surface area (Å²) in [5.74, 6) is 0.352. The Morgan fingerprint density at radius 1 is 1.00 bits per heavy atom. The third-order valence-corrected chi connectivity index (χ3v) is 5.50. The molecule has 7 heteroatoms. The highest BCUT2D eigenvalue weighted by atomic mass is 32.2. The molecule has 0 fully saturated rings. The first kappa shape index (κ1) is 17.5. The van der Waals surface area contributed by atoms with Crippen LogP contribution in [0, 0.1) is 19.7 Å². The van der Waals surface area contributed by atoms with E-state index in [0.29, 0.717) is 10.9 Å². The number of benzene rings is 2. The van der Waals surface area contributed by atoms with Crippen molar-refractivity contribution in [2.75, 3.05) is 0 Å². The number of fused-ring (bicyclic) bond motifs is 1. The second-order valence-electron chi connectivity index (χ2n) is 6.33. The zero-order valence-corrected chi connectivity index (χ0v) is 15.7. The number of thioether (sulfide) groups is 1. The van der Waals surface area contributed by atoms with Crippen molar-refractivity contribution in [2.45, 2.75) is 24.8 Å². The standard InChI is InChI=1S/C20H17FN4OS/c1-13-3-8-17(11-14(13)2)24-9-10-25-18(19(24)26)22-23-20(25)27-12-15-4-6-16(21)7-5-15/h3-11H,12H2,1-2H3. The van der Waals surface area contributed by atoms with Gasteiger partial charge in [-0.05, 0) is 54.8 Å². The average molecular weight is 380 g/mol. The fourth-order valence-electron chi connectivity index (χ4n) is 2.77. The smallest absolute Gasteiger partial charge is 0.280 e. The van der Waals surface area contributed by atoms with Crippen LogP contribution in [0.1, 0.15) is 16.7 Å². The van der Waals surface area contributed by atoms with E-state index in [2.05, 4.69) is 10.2 Å². The number of hydrogen-bond acceptors (Lipinski definition) is 4. The highest BCUT2D eigenvalue weighted by Crippen LogP contribution is 2.21. The molecule has 4 aromatic rings. The molecule has 0 saturated carbocycles. The van der Waals surface area contributed by atoms with E-state index >= 15 is 0 Å². The Morgan fingerprint density at radius 3 is 2.52 bits per heavy atom. The number of halogens is 1. The van der Waals surface area contributed by atoms with E-state index in [4.69, 9.17) is 0 Å². The summed E-state index contributed by atoms with van der Waals surface area (Å²) in [7, 11) is 0. The van der Waals surface area contributed by atoms with Crippen molar-refractivity contribution in [1.82, 2.24) is 19.2 Å². The Balaban J connectivity index is 1.66. The first-order valence-electron chi connectivity index (χ1n) is 8.44. The lowest BCUT2D eigenvalue weighted by Crippen LogP contribution is -2.20. The van der Waals surface area contributed by atoms with Crippen molar-refractivity contribution in [1.29, 1.82) is 0 Å². The van der Waals surface area contributed by atoms with Crippen LogP contribution in [0.5, 0.6) is 0 Å². The van der Waals surface area contributed by atoms with Gasteiger partial charge in [0.2, 0.25) is 5.65 Å². The number of nitrogens with zero attached hydrogens (tertiary/aromatic N) is 4.